The van der Waals surface area contributed by atoms with Crippen molar-refractivity contribution in [3.63, 3.8) is 0 Å². The van der Waals surface area contributed by atoms with Crippen LogP contribution in [-0.2, 0) is 4.79 Å². The van der Waals surface area contributed by atoms with Gasteiger partial charge in [-0.3, -0.25) is 9.69 Å². The van der Waals surface area contributed by atoms with Crippen molar-refractivity contribution >= 4 is 11.6 Å². The SMILES string of the molecule is Cc1cc(C)c(NC(=O)CN2CCC(O)C(C)C2)c(C)c1. The number of benzene rings is 1. The summed E-state index contributed by atoms with van der Waals surface area (Å²) >= 11 is 0. The number of nitrogens with one attached hydrogen (secondary N) is 1. The highest BCUT2D eigenvalue weighted by molar-refractivity contribution is 5.93. The topological polar surface area (TPSA) is 52.6 Å². The van der Waals surface area contributed by atoms with Crippen LogP contribution in [0.3, 0.4) is 0 Å². The Morgan fingerprint density at radius 1 is 1.33 bits per heavy atom. The number of carbonyl (C=O) groups excluding carboxylic acids is 1. The maximum absolute atomic E-state index is 12.2. The molecule has 1 saturated heterocycles. The molecule has 2 atom stereocenters. The van der Waals surface area contributed by atoms with Crippen LogP contribution in [0.1, 0.15) is 30.0 Å². The Kier molecular flexibility index (Phi) is 5.01. The van der Waals surface area contributed by atoms with Crippen molar-refractivity contribution in [1.29, 1.82) is 0 Å². The van der Waals surface area contributed by atoms with E-state index in [1.807, 2.05) is 20.8 Å². The highest BCUT2D eigenvalue weighted by Gasteiger charge is 2.25. The van der Waals surface area contributed by atoms with E-state index in [-0.39, 0.29) is 17.9 Å². The summed E-state index contributed by atoms with van der Waals surface area (Å²) in [5.41, 5.74) is 4.34. The molecule has 0 bridgehead atoms. The van der Waals surface area contributed by atoms with E-state index in [1.54, 1.807) is 0 Å². The van der Waals surface area contributed by atoms with Crippen molar-refractivity contribution < 1.29 is 9.90 Å². The first-order valence-corrected chi connectivity index (χ1v) is 7.65. The van der Waals surface area contributed by atoms with Gasteiger partial charge >= 0.3 is 0 Å². The van der Waals surface area contributed by atoms with Crippen LogP contribution >= 0.6 is 0 Å². The van der Waals surface area contributed by atoms with E-state index in [9.17, 15) is 9.90 Å². The molecular weight excluding hydrogens is 264 g/mol. The number of aliphatic hydroxyl groups is 1. The van der Waals surface area contributed by atoms with Crippen LogP contribution in [-0.4, -0.2) is 41.7 Å². The molecule has 1 aliphatic heterocycles. The number of amides is 1. The van der Waals surface area contributed by atoms with Gasteiger partial charge < -0.3 is 10.4 Å². The molecule has 0 radical (unpaired) electrons. The molecule has 2 unspecified atom stereocenters. The summed E-state index contributed by atoms with van der Waals surface area (Å²) in [4.78, 5) is 14.4. The number of hydrogen-bond donors (Lipinski definition) is 2. The Bertz CT molecular complexity index is 505. The van der Waals surface area contributed by atoms with Gasteiger partial charge in [0, 0.05) is 18.8 Å². The maximum atomic E-state index is 12.2. The van der Waals surface area contributed by atoms with E-state index in [1.165, 1.54) is 5.56 Å². The molecule has 2 N–H and O–H groups in total. The predicted octanol–water partition coefficient (Wildman–Crippen LogP) is 2.25. The first-order chi connectivity index (χ1) is 9.86. The van der Waals surface area contributed by atoms with E-state index in [0.29, 0.717) is 6.54 Å². The van der Waals surface area contributed by atoms with Crippen LogP contribution in [0.15, 0.2) is 12.1 Å². The number of rotatable bonds is 3. The lowest BCUT2D eigenvalue weighted by Crippen LogP contribution is -2.45. The zero-order chi connectivity index (χ0) is 15.6. The van der Waals surface area contributed by atoms with Crippen molar-refractivity contribution in [2.24, 2.45) is 5.92 Å². The lowest BCUT2D eigenvalue weighted by atomic mass is 9.97. The molecule has 1 fully saturated rings. The summed E-state index contributed by atoms with van der Waals surface area (Å²) in [5.74, 6) is 0.253. The van der Waals surface area contributed by atoms with Gasteiger partial charge in [-0.1, -0.05) is 24.6 Å². The van der Waals surface area contributed by atoms with E-state index >= 15 is 0 Å². The van der Waals surface area contributed by atoms with Crippen LogP contribution in [0.2, 0.25) is 0 Å². The van der Waals surface area contributed by atoms with Crippen LogP contribution in [0.4, 0.5) is 5.69 Å². The monoisotopic (exact) mass is 290 g/mol. The summed E-state index contributed by atoms with van der Waals surface area (Å²) in [6.07, 6.45) is 0.516. The fourth-order valence-electron chi connectivity index (χ4n) is 3.12. The highest BCUT2D eigenvalue weighted by atomic mass is 16.3. The third-order valence-corrected chi connectivity index (χ3v) is 4.25. The third kappa shape index (κ3) is 4.05. The maximum Gasteiger partial charge on any atom is 0.238 e. The first kappa shape index (κ1) is 16.0. The van der Waals surface area contributed by atoms with Crippen LogP contribution in [0.5, 0.6) is 0 Å². The zero-order valence-electron chi connectivity index (χ0n) is 13.4. The molecule has 4 heteroatoms. The van der Waals surface area contributed by atoms with E-state index < -0.39 is 0 Å². The highest BCUT2D eigenvalue weighted by Crippen LogP contribution is 2.22. The summed E-state index contributed by atoms with van der Waals surface area (Å²) in [5, 5.41) is 12.8. The average Bonchev–Trinajstić information content (AvgIpc) is 2.38. The van der Waals surface area contributed by atoms with Gasteiger partial charge in [0.1, 0.15) is 0 Å². The summed E-state index contributed by atoms with van der Waals surface area (Å²) in [6, 6.07) is 4.17. The Morgan fingerprint density at radius 3 is 2.52 bits per heavy atom. The van der Waals surface area contributed by atoms with E-state index in [0.717, 1.165) is 36.3 Å². The molecule has 0 aromatic heterocycles. The minimum atomic E-state index is -0.231. The average molecular weight is 290 g/mol. The van der Waals surface area contributed by atoms with Crippen molar-refractivity contribution in [2.75, 3.05) is 25.0 Å². The second-order valence-corrected chi connectivity index (χ2v) is 6.39. The molecule has 116 valence electrons. The Morgan fingerprint density at radius 2 is 1.95 bits per heavy atom. The van der Waals surface area contributed by atoms with Gasteiger partial charge in [0.2, 0.25) is 5.91 Å². The molecule has 21 heavy (non-hydrogen) atoms. The van der Waals surface area contributed by atoms with Crippen molar-refractivity contribution in [1.82, 2.24) is 4.90 Å². The molecule has 2 rings (SSSR count). The second-order valence-electron chi connectivity index (χ2n) is 6.39. The second kappa shape index (κ2) is 6.58. The zero-order valence-corrected chi connectivity index (χ0v) is 13.4. The molecular formula is C17H26N2O2. The minimum Gasteiger partial charge on any atom is -0.393 e. The van der Waals surface area contributed by atoms with Crippen LogP contribution in [0.25, 0.3) is 0 Å². The quantitative estimate of drug-likeness (QED) is 0.898. The molecule has 1 aliphatic rings. The molecule has 1 aromatic carbocycles. The largest absolute Gasteiger partial charge is 0.393 e. The van der Waals surface area contributed by atoms with Crippen molar-refractivity contribution in [3.05, 3.63) is 28.8 Å². The van der Waals surface area contributed by atoms with Gasteiger partial charge in [-0.25, -0.2) is 0 Å². The third-order valence-electron chi connectivity index (χ3n) is 4.25. The number of likely N-dealkylation sites (tertiary alicyclic amines) is 1. The Labute approximate surface area is 127 Å². The van der Waals surface area contributed by atoms with Crippen LogP contribution < -0.4 is 5.32 Å². The fourth-order valence-corrected chi connectivity index (χ4v) is 3.12. The summed E-state index contributed by atoms with van der Waals surface area (Å²) in [7, 11) is 0. The summed E-state index contributed by atoms with van der Waals surface area (Å²) < 4.78 is 0. The smallest absolute Gasteiger partial charge is 0.238 e. The van der Waals surface area contributed by atoms with Gasteiger partial charge in [0.25, 0.3) is 0 Å². The predicted molar refractivity (Wildman–Crippen MR) is 85.5 cm³/mol. The standard InChI is InChI=1S/C17H26N2O2/c1-11-7-12(2)17(13(3)8-11)18-16(21)10-19-6-5-15(20)14(4)9-19/h7-8,14-15,20H,5-6,9-10H2,1-4H3,(H,18,21). The molecule has 0 aliphatic carbocycles. The molecule has 1 aromatic rings. The molecule has 4 nitrogen and oxygen atoms in total. The molecule has 1 amide bonds. The number of piperidine rings is 1. The number of hydrogen-bond acceptors (Lipinski definition) is 3. The number of aliphatic hydroxyl groups excluding tert-OH is 1. The number of aryl methyl sites for hydroxylation is 3. The fraction of sp³-hybridized carbons (Fsp3) is 0.588. The van der Waals surface area contributed by atoms with Crippen molar-refractivity contribution in [2.45, 2.75) is 40.2 Å². The minimum absolute atomic E-state index is 0.0219. The molecule has 0 spiro atoms. The number of nitrogens with zero attached hydrogens (tertiary/aromatic N) is 1. The van der Waals surface area contributed by atoms with Gasteiger partial charge in [0.15, 0.2) is 0 Å². The lowest BCUT2D eigenvalue weighted by molar-refractivity contribution is -0.118. The number of carbonyl (C=O) groups is 1. The normalized spacial score (nSPS) is 23.1. The lowest BCUT2D eigenvalue weighted by Gasteiger charge is -2.33. The molecule has 1 heterocycles. The first-order valence-electron chi connectivity index (χ1n) is 7.65. The van der Waals surface area contributed by atoms with Crippen LogP contribution in [0, 0.1) is 26.7 Å². The van der Waals surface area contributed by atoms with Gasteiger partial charge in [-0.15, -0.1) is 0 Å². The number of anilines is 1. The van der Waals surface area contributed by atoms with Crippen molar-refractivity contribution in [3.8, 4) is 0 Å². The van der Waals surface area contributed by atoms with E-state index in [2.05, 4.69) is 29.3 Å². The summed E-state index contributed by atoms with van der Waals surface area (Å²) in [6.45, 7) is 10.1. The van der Waals surface area contributed by atoms with E-state index in [4.69, 9.17) is 0 Å². The van der Waals surface area contributed by atoms with Gasteiger partial charge in [-0.05, 0) is 44.2 Å². The molecule has 0 saturated carbocycles. The Hall–Kier alpha value is -1.39. The van der Waals surface area contributed by atoms with Gasteiger partial charge in [0.05, 0.1) is 12.6 Å². The Balaban J connectivity index is 1.96. The van der Waals surface area contributed by atoms with Gasteiger partial charge in [-0.2, -0.15) is 0 Å².